The largest absolute Gasteiger partial charge is 0.443 e. The SMILES string of the molecule is COC(NC(C)c1ccccn1)c1nn(-c2ccc(Cl)cc2Cl)c2c1CCN(C(=O)OC(C)(C)C)/C2=C\c1ccc(F)cc1. The lowest BCUT2D eigenvalue weighted by atomic mass is 9.98. The van der Waals surface area contributed by atoms with Gasteiger partial charge in [-0.2, -0.15) is 5.10 Å². The Bertz CT molecular complexity index is 1670. The van der Waals surface area contributed by atoms with Crippen molar-refractivity contribution < 1.29 is 18.7 Å². The molecule has 1 aliphatic rings. The van der Waals surface area contributed by atoms with E-state index in [1.807, 2.05) is 52.0 Å². The van der Waals surface area contributed by atoms with Crippen LogP contribution in [0.1, 0.15) is 68.2 Å². The average molecular weight is 639 g/mol. The highest BCUT2D eigenvalue weighted by molar-refractivity contribution is 6.35. The molecule has 0 saturated heterocycles. The van der Waals surface area contributed by atoms with Gasteiger partial charge in [-0.15, -0.1) is 0 Å². The van der Waals surface area contributed by atoms with Crippen molar-refractivity contribution in [1.82, 2.24) is 25.0 Å². The maximum atomic E-state index is 13.8. The Hall–Kier alpha value is -3.76. The summed E-state index contributed by atoms with van der Waals surface area (Å²) in [7, 11) is 1.61. The van der Waals surface area contributed by atoms with E-state index in [1.165, 1.54) is 12.1 Å². The fourth-order valence-corrected chi connectivity index (χ4v) is 5.55. The molecule has 3 heterocycles. The van der Waals surface area contributed by atoms with Crippen molar-refractivity contribution in [2.75, 3.05) is 13.7 Å². The summed E-state index contributed by atoms with van der Waals surface area (Å²) in [6.45, 7) is 7.76. The standard InChI is InChI=1S/C33H34Cl2FN5O3/c1-20(26-8-6-7-16-37-26)38-31(43-5)29-24-15-17-40(32(42)44-33(2,3)4)28(18-21-9-12-23(36)13-10-21)30(24)41(39-29)27-14-11-22(34)19-25(27)35/h6-14,16,18-20,31,38H,15,17H2,1-5H3/b28-18-. The molecule has 0 spiro atoms. The van der Waals surface area contributed by atoms with Crippen molar-refractivity contribution in [2.24, 2.45) is 0 Å². The van der Waals surface area contributed by atoms with Crippen LogP contribution in [0.5, 0.6) is 0 Å². The Balaban J connectivity index is 1.71. The summed E-state index contributed by atoms with van der Waals surface area (Å²) in [5.74, 6) is -0.364. The normalized spacial score (nSPS) is 15.6. The molecule has 0 bridgehead atoms. The van der Waals surface area contributed by atoms with Crippen molar-refractivity contribution in [3.63, 3.8) is 0 Å². The third kappa shape index (κ3) is 6.97. The van der Waals surface area contributed by atoms with Gasteiger partial charge in [-0.25, -0.2) is 13.9 Å². The summed E-state index contributed by atoms with van der Waals surface area (Å²) in [5.41, 5.74) is 3.99. The monoisotopic (exact) mass is 637 g/mol. The van der Waals surface area contributed by atoms with Crippen molar-refractivity contribution in [3.8, 4) is 5.69 Å². The van der Waals surface area contributed by atoms with E-state index >= 15 is 0 Å². The van der Waals surface area contributed by atoms with Crippen LogP contribution in [0.3, 0.4) is 0 Å². The second-order valence-corrected chi connectivity index (χ2v) is 12.3. The van der Waals surface area contributed by atoms with E-state index in [0.717, 1.165) is 11.3 Å². The number of benzene rings is 2. The smallest absolute Gasteiger partial charge is 0.414 e. The number of hydrogen-bond acceptors (Lipinski definition) is 6. The van der Waals surface area contributed by atoms with Gasteiger partial charge < -0.3 is 9.47 Å². The highest BCUT2D eigenvalue weighted by atomic mass is 35.5. The Kier molecular flexibility index (Phi) is 9.41. The third-order valence-corrected chi connectivity index (χ3v) is 7.61. The highest BCUT2D eigenvalue weighted by Gasteiger charge is 2.37. The van der Waals surface area contributed by atoms with E-state index in [9.17, 15) is 9.18 Å². The molecule has 5 rings (SSSR count). The lowest BCUT2D eigenvalue weighted by Crippen LogP contribution is -2.39. The summed E-state index contributed by atoms with van der Waals surface area (Å²) in [6.07, 6.45) is 2.87. The Morgan fingerprint density at radius 2 is 1.86 bits per heavy atom. The molecule has 11 heteroatoms. The number of carbonyl (C=O) groups excluding carboxylic acids is 1. The molecule has 44 heavy (non-hydrogen) atoms. The van der Waals surface area contributed by atoms with Crippen LogP contribution >= 0.6 is 23.2 Å². The molecule has 2 atom stereocenters. The van der Waals surface area contributed by atoms with Crippen molar-refractivity contribution in [2.45, 2.75) is 52.0 Å². The van der Waals surface area contributed by atoms with E-state index in [1.54, 1.807) is 53.2 Å². The van der Waals surface area contributed by atoms with E-state index in [4.69, 9.17) is 37.8 Å². The maximum Gasteiger partial charge on any atom is 0.414 e. The van der Waals surface area contributed by atoms with E-state index < -0.39 is 17.9 Å². The minimum Gasteiger partial charge on any atom is -0.443 e. The van der Waals surface area contributed by atoms with Crippen LogP contribution in [-0.2, 0) is 15.9 Å². The number of methoxy groups -OCH3 is 1. The van der Waals surface area contributed by atoms with Crippen LogP contribution in [0.4, 0.5) is 9.18 Å². The molecule has 2 aromatic carbocycles. The number of aromatic nitrogens is 3. The quantitative estimate of drug-likeness (QED) is 0.207. The zero-order valence-corrected chi connectivity index (χ0v) is 26.7. The number of amides is 1. The van der Waals surface area contributed by atoms with Crippen LogP contribution in [0.15, 0.2) is 66.9 Å². The Morgan fingerprint density at radius 1 is 1.11 bits per heavy atom. The molecule has 1 N–H and O–H groups in total. The minimum atomic E-state index is -0.726. The maximum absolute atomic E-state index is 13.8. The van der Waals surface area contributed by atoms with Gasteiger partial charge in [0.2, 0.25) is 0 Å². The van der Waals surface area contributed by atoms with Gasteiger partial charge in [0, 0.05) is 36.5 Å². The van der Waals surface area contributed by atoms with E-state index in [-0.39, 0.29) is 11.9 Å². The number of nitrogens with one attached hydrogen (secondary N) is 1. The van der Waals surface area contributed by atoms with Crippen molar-refractivity contribution in [3.05, 3.63) is 111 Å². The number of nitrogens with zero attached hydrogens (tertiary/aromatic N) is 4. The summed E-state index contributed by atoms with van der Waals surface area (Å²) >= 11 is 13.0. The molecular weight excluding hydrogens is 604 g/mol. The number of rotatable bonds is 7. The Labute approximate surface area is 266 Å². The molecule has 8 nitrogen and oxygen atoms in total. The first kappa shape index (κ1) is 31.7. The van der Waals surface area contributed by atoms with Crippen LogP contribution in [0, 0.1) is 5.82 Å². The summed E-state index contributed by atoms with van der Waals surface area (Å²) in [6, 6.07) is 16.7. The van der Waals surface area contributed by atoms with Crippen LogP contribution in [-0.4, -0.2) is 45.0 Å². The van der Waals surface area contributed by atoms with Crippen LogP contribution < -0.4 is 5.32 Å². The van der Waals surface area contributed by atoms with Gasteiger partial charge in [0.25, 0.3) is 0 Å². The molecule has 0 aliphatic carbocycles. The number of fused-ring (bicyclic) bond motifs is 1. The Morgan fingerprint density at radius 3 is 2.50 bits per heavy atom. The fourth-order valence-electron chi connectivity index (χ4n) is 5.06. The van der Waals surface area contributed by atoms with Crippen molar-refractivity contribution in [1.29, 1.82) is 0 Å². The van der Waals surface area contributed by atoms with Gasteiger partial charge >= 0.3 is 6.09 Å². The van der Waals surface area contributed by atoms with Gasteiger partial charge in [0.1, 0.15) is 17.1 Å². The van der Waals surface area contributed by atoms with E-state index in [0.29, 0.717) is 51.3 Å². The highest BCUT2D eigenvalue weighted by Crippen LogP contribution is 2.39. The fraction of sp³-hybridized carbons (Fsp3) is 0.303. The molecule has 0 saturated carbocycles. The molecule has 230 valence electrons. The molecule has 0 fully saturated rings. The van der Waals surface area contributed by atoms with Gasteiger partial charge in [0.05, 0.1) is 27.8 Å². The third-order valence-electron chi connectivity index (χ3n) is 7.08. The number of pyridine rings is 1. The van der Waals surface area contributed by atoms with Crippen molar-refractivity contribution >= 4 is 41.1 Å². The molecule has 1 amide bonds. The minimum absolute atomic E-state index is 0.169. The first-order valence-corrected chi connectivity index (χ1v) is 15.0. The molecule has 0 radical (unpaired) electrons. The zero-order chi connectivity index (χ0) is 31.6. The molecule has 2 aromatic heterocycles. The summed E-state index contributed by atoms with van der Waals surface area (Å²) in [5, 5.41) is 9.38. The first-order valence-electron chi connectivity index (χ1n) is 14.2. The summed E-state index contributed by atoms with van der Waals surface area (Å²) < 4.78 is 27.3. The average Bonchev–Trinajstić information content (AvgIpc) is 3.36. The zero-order valence-electron chi connectivity index (χ0n) is 25.1. The lowest BCUT2D eigenvalue weighted by Gasteiger charge is -2.33. The second-order valence-electron chi connectivity index (χ2n) is 11.4. The first-order chi connectivity index (χ1) is 20.9. The predicted molar refractivity (Wildman–Crippen MR) is 170 cm³/mol. The van der Waals surface area contributed by atoms with Gasteiger partial charge in [0.15, 0.2) is 6.23 Å². The lowest BCUT2D eigenvalue weighted by molar-refractivity contribution is 0.0349. The number of halogens is 3. The van der Waals surface area contributed by atoms with Crippen LogP contribution in [0.2, 0.25) is 10.0 Å². The summed E-state index contributed by atoms with van der Waals surface area (Å²) in [4.78, 5) is 19.7. The predicted octanol–water partition coefficient (Wildman–Crippen LogP) is 8.00. The molecule has 2 unspecified atom stereocenters. The van der Waals surface area contributed by atoms with Crippen LogP contribution in [0.25, 0.3) is 17.5 Å². The second kappa shape index (κ2) is 13.1. The number of ether oxygens (including phenoxy) is 2. The number of hydrogen-bond donors (Lipinski definition) is 1. The topological polar surface area (TPSA) is 81.5 Å². The van der Waals surface area contributed by atoms with E-state index in [2.05, 4.69) is 10.3 Å². The molecule has 4 aromatic rings. The molecule has 1 aliphatic heterocycles. The molecular formula is C33H34Cl2FN5O3. The number of carbonyl (C=O) groups is 1. The van der Waals surface area contributed by atoms with Gasteiger partial charge in [-0.05, 0) is 88.2 Å². The van der Waals surface area contributed by atoms with Gasteiger partial charge in [-0.3, -0.25) is 15.2 Å². The van der Waals surface area contributed by atoms with Gasteiger partial charge in [-0.1, -0.05) is 41.4 Å².